The molecule has 0 amide bonds. The number of aliphatic hydroxyl groups excluding tert-OH is 1. The molecule has 1 heterocycles. The zero-order chi connectivity index (χ0) is 10.8. The van der Waals surface area contributed by atoms with Crippen molar-refractivity contribution in [2.24, 2.45) is 11.8 Å². The summed E-state index contributed by atoms with van der Waals surface area (Å²) in [6.45, 7) is 2.30. The van der Waals surface area contributed by atoms with E-state index >= 15 is 0 Å². The Morgan fingerprint density at radius 2 is 2.13 bits per heavy atom. The molecule has 2 rings (SSSR count). The zero-order valence-electron chi connectivity index (χ0n) is 9.95. The van der Waals surface area contributed by atoms with E-state index in [0.717, 1.165) is 19.5 Å². The molecule has 0 spiro atoms. The minimum Gasteiger partial charge on any atom is -0.393 e. The Labute approximate surface area is 92.8 Å². The van der Waals surface area contributed by atoms with E-state index < -0.39 is 0 Å². The van der Waals surface area contributed by atoms with Crippen molar-refractivity contribution < 1.29 is 5.11 Å². The third-order valence-corrected chi connectivity index (χ3v) is 3.87. The highest BCUT2D eigenvalue weighted by Crippen LogP contribution is 2.36. The summed E-state index contributed by atoms with van der Waals surface area (Å²) in [5.74, 6) is 1.31. The second kappa shape index (κ2) is 4.81. The fourth-order valence-corrected chi connectivity index (χ4v) is 2.84. The van der Waals surface area contributed by atoms with E-state index in [2.05, 4.69) is 17.3 Å². The highest BCUT2D eigenvalue weighted by atomic mass is 16.3. The fourth-order valence-electron chi connectivity index (χ4n) is 2.84. The van der Waals surface area contributed by atoms with Crippen LogP contribution in [-0.4, -0.2) is 49.3 Å². The maximum absolute atomic E-state index is 9.95. The van der Waals surface area contributed by atoms with Crippen molar-refractivity contribution >= 4 is 0 Å². The molecule has 88 valence electrons. The first-order chi connectivity index (χ1) is 7.19. The van der Waals surface area contributed by atoms with E-state index in [1.54, 1.807) is 0 Å². The largest absolute Gasteiger partial charge is 0.393 e. The quantitative estimate of drug-likeness (QED) is 0.719. The Bertz CT molecular complexity index is 206. The lowest BCUT2D eigenvalue weighted by atomic mass is 9.89. The topological polar surface area (TPSA) is 35.5 Å². The maximum atomic E-state index is 9.95. The molecule has 3 nitrogen and oxygen atoms in total. The standard InChI is InChI=1S/C12H24N2O/c1-13-11-5-9(7-14(2)8-11)6-12(15)10-3-4-10/h9-13,15H,3-8H2,1-2H3. The highest BCUT2D eigenvalue weighted by Gasteiger charge is 2.33. The van der Waals surface area contributed by atoms with Gasteiger partial charge in [0.05, 0.1) is 6.10 Å². The minimum atomic E-state index is -0.0287. The molecular formula is C12H24N2O. The fraction of sp³-hybridized carbons (Fsp3) is 1.00. The SMILES string of the molecule is CNC1CC(CC(O)C2CC2)CN(C)C1. The first-order valence-corrected chi connectivity index (χ1v) is 6.23. The van der Waals surface area contributed by atoms with Crippen LogP contribution in [0.25, 0.3) is 0 Å². The van der Waals surface area contributed by atoms with E-state index in [0.29, 0.717) is 17.9 Å². The van der Waals surface area contributed by atoms with Gasteiger partial charge in [0, 0.05) is 19.1 Å². The van der Waals surface area contributed by atoms with Crippen molar-refractivity contribution in [2.75, 3.05) is 27.2 Å². The van der Waals surface area contributed by atoms with E-state index in [1.807, 2.05) is 7.05 Å². The molecule has 1 saturated heterocycles. The number of nitrogens with one attached hydrogen (secondary N) is 1. The molecule has 0 aromatic heterocycles. The van der Waals surface area contributed by atoms with Gasteiger partial charge in [0.25, 0.3) is 0 Å². The zero-order valence-corrected chi connectivity index (χ0v) is 9.95. The summed E-state index contributed by atoms with van der Waals surface area (Å²) in [7, 11) is 4.22. The van der Waals surface area contributed by atoms with Crippen LogP contribution >= 0.6 is 0 Å². The van der Waals surface area contributed by atoms with Crippen molar-refractivity contribution in [1.82, 2.24) is 10.2 Å². The molecule has 2 aliphatic rings. The normalized spacial score (nSPS) is 35.4. The number of hydrogen-bond acceptors (Lipinski definition) is 3. The van der Waals surface area contributed by atoms with Gasteiger partial charge in [0.15, 0.2) is 0 Å². The molecule has 2 fully saturated rings. The summed E-state index contributed by atoms with van der Waals surface area (Å²) in [5, 5.41) is 13.3. The summed E-state index contributed by atoms with van der Waals surface area (Å²) < 4.78 is 0. The van der Waals surface area contributed by atoms with Crippen LogP contribution in [0.5, 0.6) is 0 Å². The van der Waals surface area contributed by atoms with E-state index in [4.69, 9.17) is 0 Å². The third-order valence-electron chi connectivity index (χ3n) is 3.87. The molecule has 0 aromatic rings. The van der Waals surface area contributed by atoms with Gasteiger partial charge in [-0.3, -0.25) is 0 Å². The van der Waals surface area contributed by atoms with Gasteiger partial charge in [-0.05, 0) is 51.6 Å². The van der Waals surface area contributed by atoms with E-state index in [9.17, 15) is 5.11 Å². The van der Waals surface area contributed by atoms with Crippen molar-refractivity contribution in [3.63, 3.8) is 0 Å². The number of piperidine rings is 1. The Hall–Kier alpha value is -0.120. The number of likely N-dealkylation sites (tertiary alicyclic amines) is 1. The summed E-state index contributed by atoms with van der Waals surface area (Å²) in [6.07, 6.45) is 4.70. The van der Waals surface area contributed by atoms with Gasteiger partial charge >= 0.3 is 0 Å². The van der Waals surface area contributed by atoms with Crippen LogP contribution in [0.4, 0.5) is 0 Å². The van der Waals surface area contributed by atoms with Gasteiger partial charge < -0.3 is 15.3 Å². The van der Waals surface area contributed by atoms with Crippen molar-refractivity contribution in [2.45, 2.75) is 37.8 Å². The first kappa shape index (κ1) is 11.4. The van der Waals surface area contributed by atoms with Crippen LogP contribution in [0, 0.1) is 11.8 Å². The summed E-state index contributed by atoms with van der Waals surface area (Å²) in [6, 6.07) is 0.611. The van der Waals surface area contributed by atoms with Crippen LogP contribution < -0.4 is 5.32 Å². The lowest BCUT2D eigenvalue weighted by molar-refractivity contribution is 0.0851. The van der Waals surface area contributed by atoms with Crippen molar-refractivity contribution in [3.05, 3.63) is 0 Å². The Balaban J connectivity index is 1.79. The van der Waals surface area contributed by atoms with E-state index in [-0.39, 0.29) is 6.10 Å². The number of hydrogen-bond donors (Lipinski definition) is 2. The second-order valence-corrected chi connectivity index (χ2v) is 5.45. The lowest BCUT2D eigenvalue weighted by Crippen LogP contribution is -2.47. The molecule has 15 heavy (non-hydrogen) atoms. The summed E-state index contributed by atoms with van der Waals surface area (Å²) in [4.78, 5) is 2.38. The first-order valence-electron chi connectivity index (χ1n) is 6.23. The molecule has 2 N–H and O–H groups in total. The number of aliphatic hydroxyl groups is 1. The number of likely N-dealkylation sites (N-methyl/N-ethyl adjacent to an activating group) is 2. The molecule has 0 aromatic carbocycles. The van der Waals surface area contributed by atoms with Crippen LogP contribution in [0.15, 0.2) is 0 Å². The molecule has 0 bridgehead atoms. The Morgan fingerprint density at radius 3 is 2.73 bits per heavy atom. The van der Waals surface area contributed by atoms with Crippen molar-refractivity contribution in [1.29, 1.82) is 0 Å². The average molecular weight is 212 g/mol. The van der Waals surface area contributed by atoms with E-state index in [1.165, 1.54) is 19.3 Å². The molecule has 3 heteroatoms. The van der Waals surface area contributed by atoms with Gasteiger partial charge in [-0.1, -0.05) is 0 Å². The van der Waals surface area contributed by atoms with Gasteiger partial charge in [0.1, 0.15) is 0 Å². The Kier molecular flexibility index (Phi) is 3.65. The molecule has 0 radical (unpaired) electrons. The minimum absolute atomic E-state index is 0.0287. The Morgan fingerprint density at radius 1 is 1.40 bits per heavy atom. The average Bonchev–Trinajstić information content (AvgIpc) is 2.99. The smallest absolute Gasteiger partial charge is 0.0571 e. The summed E-state index contributed by atoms with van der Waals surface area (Å²) in [5.41, 5.74) is 0. The third kappa shape index (κ3) is 3.16. The van der Waals surface area contributed by atoms with Gasteiger partial charge in [-0.2, -0.15) is 0 Å². The molecule has 1 aliphatic carbocycles. The van der Waals surface area contributed by atoms with Gasteiger partial charge in [-0.25, -0.2) is 0 Å². The molecule has 1 aliphatic heterocycles. The lowest BCUT2D eigenvalue weighted by Gasteiger charge is -2.36. The van der Waals surface area contributed by atoms with Gasteiger partial charge in [-0.15, -0.1) is 0 Å². The molecular weight excluding hydrogens is 188 g/mol. The predicted molar refractivity (Wildman–Crippen MR) is 61.8 cm³/mol. The van der Waals surface area contributed by atoms with Crippen molar-refractivity contribution in [3.8, 4) is 0 Å². The second-order valence-electron chi connectivity index (χ2n) is 5.45. The predicted octanol–water partition coefficient (Wildman–Crippen LogP) is 0.687. The summed E-state index contributed by atoms with van der Waals surface area (Å²) >= 11 is 0. The number of rotatable bonds is 4. The highest BCUT2D eigenvalue weighted by molar-refractivity contribution is 4.87. The molecule has 3 atom stereocenters. The number of nitrogens with zero attached hydrogens (tertiary/aromatic N) is 1. The van der Waals surface area contributed by atoms with Gasteiger partial charge in [0.2, 0.25) is 0 Å². The molecule has 3 unspecified atom stereocenters. The van der Waals surface area contributed by atoms with Crippen LogP contribution in [0.2, 0.25) is 0 Å². The van der Waals surface area contributed by atoms with Crippen LogP contribution in [0.3, 0.4) is 0 Å². The van der Waals surface area contributed by atoms with Crippen LogP contribution in [0.1, 0.15) is 25.7 Å². The van der Waals surface area contributed by atoms with Crippen LogP contribution in [-0.2, 0) is 0 Å². The molecule has 1 saturated carbocycles. The monoisotopic (exact) mass is 212 g/mol. The maximum Gasteiger partial charge on any atom is 0.0571 e.